The number of carboxylic acid groups (broad SMARTS) is 1. The van der Waals surface area contributed by atoms with Crippen LogP contribution < -0.4 is 10.1 Å². The number of aryl methyl sites for hydroxylation is 1. The van der Waals surface area contributed by atoms with E-state index in [0.29, 0.717) is 17.9 Å². The van der Waals surface area contributed by atoms with E-state index in [-0.39, 0.29) is 11.2 Å². The van der Waals surface area contributed by atoms with Crippen molar-refractivity contribution in [3.8, 4) is 16.9 Å². The van der Waals surface area contributed by atoms with Gasteiger partial charge < -0.3 is 15.2 Å². The van der Waals surface area contributed by atoms with Gasteiger partial charge in [0.05, 0.1) is 12.6 Å². The summed E-state index contributed by atoms with van der Waals surface area (Å²) in [5.74, 6) is 0.348. The molecule has 5 heteroatoms. The molecule has 26 heavy (non-hydrogen) atoms. The van der Waals surface area contributed by atoms with Gasteiger partial charge in [-0.15, -0.1) is 0 Å². The van der Waals surface area contributed by atoms with Crippen molar-refractivity contribution in [1.29, 1.82) is 0 Å². The van der Waals surface area contributed by atoms with Crippen molar-refractivity contribution in [2.24, 2.45) is 5.41 Å². The van der Waals surface area contributed by atoms with Gasteiger partial charge in [-0.3, -0.25) is 0 Å². The highest BCUT2D eigenvalue weighted by Gasteiger charge is 2.37. The summed E-state index contributed by atoms with van der Waals surface area (Å²) in [5.41, 5.74) is 2.71. The zero-order valence-electron chi connectivity index (χ0n) is 15.3. The maximum absolute atomic E-state index is 14.9. The number of rotatable bonds is 4. The monoisotopic (exact) mass is 357 g/mol. The van der Waals surface area contributed by atoms with Gasteiger partial charge in [-0.05, 0) is 66.1 Å². The van der Waals surface area contributed by atoms with Crippen molar-refractivity contribution in [3.05, 3.63) is 53.3 Å². The summed E-state index contributed by atoms with van der Waals surface area (Å²) in [4.78, 5) is 11.2. The predicted octanol–water partition coefficient (Wildman–Crippen LogP) is 5.17. The number of amides is 1. The molecule has 138 valence electrons. The highest BCUT2D eigenvalue weighted by molar-refractivity contribution is 5.69. The fraction of sp³-hybridized carbons (Fsp3) is 0.381. The van der Waals surface area contributed by atoms with E-state index in [0.717, 1.165) is 29.5 Å². The fourth-order valence-corrected chi connectivity index (χ4v) is 3.68. The Morgan fingerprint density at radius 2 is 2.12 bits per heavy atom. The molecule has 0 spiro atoms. The molecule has 2 aromatic carbocycles. The molecule has 0 saturated heterocycles. The summed E-state index contributed by atoms with van der Waals surface area (Å²) in [6, 6.07) is 10.3. The van der Waals surface area contributed by atoms with Crippen LogP contribution in [0.3, 0.4) is 0 Å². The molecule has 0 unspecified atom stereocenters. The Hall–Kier alpha value is -2.56. The Labute approximate surface area is 153 Å². The number of benzene rings is 2. The molecule has 0 aromatic heterocycles. The normalized spacial score (nSPS) is 18.1. The number of nitrogens with one attached hydrogen (secondary N) is 1. The molecule has 0 bridgehead atoms. The predicted molar refractivity (Wildman–Crippen MR) is 99.0 cm³/mol. The molecule has 0 fully saturated rings. The van der Waals surface area contributed by atoms with Crippen LogP contribution in [0.2, 0.25) is 0 Å². The molecule has 3 rings (SSSR count). The zero-order chi connectivity index (χ0) is 18.9. The molecule has 2 aromatic rings. The number of carbonyl (C=O) groups is 1. The smallest absolute Gasteiger partial charge is 0.405 e. The third-order valence-corrected chi connectivity index (χ3v) is 5.08. The summed E-state index contributed by atoms with van der Waals surface area (Å²) in [7, 11) is 0. The minimum Gasteiger partial charge on any atom is -0.494 e. The van der Waals surface area contributed by atoms with E-state index >= 15 is 0 Å². The maximum Gasteiger partial charge on any atom is 0.405 e. The van der Waals surface area contributed by atoms with Crippen LogP contribution in [0.25, 0.3) is 11.1 Å². The first-order valence-corrected chi connectivity index (χ1v) is 8.87. The van der Waals surface area contributed by atoms with Crippen LogP contribution >= 0.6 is 0 Å². The Kier molecular flexibility index (Phi) is 4.90. The average Bonchev–Trinajstić information content (AvgIpc) is 2.58. The summed E-state index contributed by atoms with van der Waals surface area (Å²) in [5, 5.41) is 11.8. The second-order valence-corrected chi connectivity index (χ2v) is 7.36. The quantitative estimate of drug-likeness (QED) is 0.793. The van der Waals surface area contributed by atoms with Gasteiger partial charge in [0.2, 0.25) is 0 Å². The van der Waals surface area contributed by atoms with E-state index in [2.05, 4.69) is 5.32 Å². The largest absolute Gasteiger partial charge is 0.494 e. The molecule has 0 saturated carbocycles. The van der Waals surface area contributed by atoms with Crippen molar-refractivity contribution >= 4 is 6.09 Å². The standard InChI is InChI=1S/C21H24FNO3/c1-4-26-15-7-5-6-13(10-15)16-11-14-8-9-21(2,3)19(23-20(24)25)17(14)12-18(16)22/h5-7,10-12,19,23H,4,8-9H2,1-3H3,(H,24,25)/t19-/m0/s1. The van der Waals surface area contributed by atoms with E-state index in [9.17, 15) is 14.3 Å². The van der Waals surface area contributed by atoms with E-state index in [1.807, 2.05) is 51.1 Å². The molecular formula is C21H24FNO3. The lowest BCUT2D eigenvalue weighted by Gasteiger charge is -2.40. The Morgan fingerprint density at radius 1 is 1.35 bits per heavy atom. The summed E-state index contributed by atoms with van der Waals surface area (Å²) in [6.07, 6.45) is 0.526. The number of fused-ring (bicyclic) bond motifs is 1. The van der Waals surface area contributed by atoms with Crippen LogP contribution in [0.4, 0.5) is 9.18 Å². The van der Waals surface area contributed by atoms with E-state index < -0.39 is 12.1 Å². The van der Waals surface area contributed by atoms with Crippen LogP contribution in [0.15, 0.2) is 36.4 Å². The average molecular weight is 357 g/mol. The molecule has 1 aliphatic rings. The number of hydrogen-bond acceptors (Lipinski definition) is 2. The molecule has 2 N–H and O–H groups in total. The van der Waals surface area contributed by atoms with Gasteiger partial charge in [0.25, 0.3) is 0 Å². The van der Waals surface area contributed by atoms with Crippen molar-refractivity contribution in [1.82, 2.24) is 5.32 Å². The Balaban J connectivity index is 2.05. The molecule has 1 amide bonds. The molecule has 1 aliphatic carbocycles. The maximum atomic E-state index is 14.9. The summed E-state index contributed by atoms with van der Waals surface area (Å²) < 4.78 is 20.4. The van der Waals surface area contributed by atoms with E-state index in [1.165, 1.54) is 6.07 Å². The Bertz CT molecular complexity index is 832. The lowest BCUT2D eigenvalue weighted by Crippen LogP contribution is -2.40. The topological polar surface area (TPSA) is 58.6 Å². The second kappa shape index (κ2) is 6.98. The second-order valence-electron chi connectivity index (χ2n) is 7.36. The van der Waals surface area contributed by atoms with E-state index in [4.69, 9.17) is 4.74 Å². The first kappa shape index (κ1) is 18.2. The lowest BCUT2D eigenvalue weighted by atomic mass is 9.70. The van der Waals surface area contributed by atoms with Gasteiger partial charge in [0.15, 0.2) is 0 Å². The van der Waals surface area contributed by atoms with Crippen molar-refractivity contribution in [3.63, 3.8) is 0 Å². The van der Waals surface area contributed by atoms with Gasteiger partial charge in [-0.2, -0.15) is 0 Å². The molecule has 1 atom stereocenters. The van der Waals surface area contributed by atoms with Crippen LogP contribution in [0, 0.1) is 11.2 Å². The van der Waals surface area contributed by atoms with Crippen molar-refractivity contribution in [2.75, 3.05) is 6.61 Å². The van der Waals surface area contributed by atoms with Crippen LogP contribution in [-0.2, 0) is 6.42 Å². The number of halogens is 1. The van der Waals surface area contributed by atoms with Gasteiger partial charge in [0.1, 0.15) is 11.6 Å². The van der Waals surface area contributed by atoms with Gasteiger partial charge in [-0.1, -0.05) is 26.0 Å². The van der Waals surface area contributed by atoms with E-state index in [1.54, 1.807) is 0 Å². The fourth-order valence-electron chi connectivity index (χ4n) is 3.68. The minimum atomic E-state index is -1.09. The van der Waals surface area contributed by atoms with Crippen LogP contribution in [0.5, 0.6) is 5.75 Å². The highest BCUT2D eigenvalue weighted by Crippen LogP contribution is 2.45. The zero-order valence-corrected chi connectivity index (χ0v) is 15.3. The lowest BCUT2D eigenvalue weighted by molar-refractivity contribution is 0.161. The highest BCUT2D eigenvalue weighted by atomic mass is 19.1. The molecule has 0 radical (unpaired) electrons. The van der Waals surface area contributed by atoms with Gasteiger partial charge in [-0.25, -0.2) is 9.18 Å². The van der Waals surface area contributed by atoms with Crippen molar-refractivity contribution in [2.45, 2.75) is 39.7 Å². The van der Waals surface area contributed by atoms with Gasteiger partial charge in [0, 0.05) is 5.56 Å². The van der Waals surface area contributed by atoms with Crippen LogP contribution in [-0.4, -0.2) is 17.8 Å². The molecular weight excluding hydrogens is 333 g/mol. The number of ether oxygens (including phenoxy) is 1. The molecule has 0 aliphatic heterocycles. The third kappa shape index (κ3) is 3.52. The first-order chi connectivity index (χ1) is 12.3. The third-order valence-electron chi connectivity index (χ3n) is 5.08. The minimum absolute atomic E-state index is 0.270. The van der Waals surface area contributed by atoms with Gasteiger partial charge >= 0.3 is 6.09 Å². The van der Waals surface area contributed by atoms with Crippen molar-refractivity contribution < 1.29 is 19.0 Å². The molecule has 4 nitrogen and oxygen atoms in total. The van der Waals surface area contributed by atoms with Crippen LogP contribution in [0.1, 0.15) is 44.4 Å². The number of hydrogen-bond donors (Lipinski definition) is 2. The Morgan fingerprint density at radius 3 is 2.81 bits per heavy atom. The molecule has 0 heterocycles. The summed E-state index contributed by atoms with van der Waals surface area (Å²) >= 11 is 0. The first-order valence-electron chi connectivity index (χ1n) is 8.87. The SMILES string of the molecule is CCOc1cccc(-c2cc3c(cc2F)[C@H](NC(=O)O)C(C)(C)CC3)c1. The summed E-state index contributed by atoms with van der Waals surface area (Å²) in [6.45, 7) is 6.47.